The van der Waals surface area contributed by atoms with Crippen LogP contribution < -0.4 is 5.32 Å². The van der Waals surface area contributed by atoms with Crippen LogP contribution in [0.2, 0.25) is 0 Å². The molecule has 1 aromatic rings. The topological polar surface area (TPSA) is 42.2 Å². The van der Waals surface area contributed by atoms with E-state index in [-0.39, 0.29) is 11.9 Å². The predicted octanol–water partition coefficient (Wildman–Crippen LogP) is 2.40. The van der Waals surface area contributed by atoms with Gasteiger partial charge in [0.2, 0.25) is 5.91 Å². The summed E-state index contributed by atoms with van der Waals surface area (Å²) in [5.41, 5.74) is 1.13. The first-order chi connectivity index (χ1) is 7.31. The van der Waals surface area contributed by atoms with Crippen LogP contribution in [-0.2, 0) is 11.2 Å². The molecule has 0 spiro atoms. The fourth-order valence-electron chi connectivity index (χ4n) is 1.99. The van der Waals surface area contributed by atoms with Gasteiger partial charge < -0.3 is 9.73 Å². The van der Waals surface area contributed by atoms with Crippen LogP contribution in [0, 0.1) is 0 Å². The van der Waals surface area contributed by atoms with Gasteiger partial charge in [-0.15, -0.1) is 11.6 Å². The van der Waals surface area contributed by atoms with Crippen molar-refractivity contribution < 1.29 is 9.21 Å². The van der Waals surface area contributed by atoms with Crippen molar-refractivity contribution in [2.24, 2.45) is 0 Å². The molecule has 0 aliphatic heterocycles. The smallest absolute Gasteiger partial charge is 0.221 e. The van der Waals surface area contributed by atoms with Crippen molar-refractivity contribution in [3.05, 3.63) is 23.7 Å². The summed E-state index contributed by atoms with van der Waals surface area (Å²) in [4.78, 5) is 11.4. The lowest BCUT2D eigenvalue weighted by molar-refractivity contribution is -0.121. The summed E-state index contributed by atoms with van der Waals surface area (Å²) in [7, 11) is 0. The normalized spacial score (nSPS) is 19.7. The van der Waals surface area contributed by atoms with E-state index in [9.17, 15) is 4.79 Å². The van der Waals surface area contributed by atoms with Crippen LogP contribution in [-0.4, -0.2) is 11.8 Å². The Hall–Kier alpha value is -0.960. The molecule has 1 heterocycles. The van der Waals surface area contributed by atoms with Gasteiger partial charge in [0.05, 0.1) is 12.3 Å². The molecule has 3 nitrogen and oxygen atoms in total. The number of carbonyl (C=O) groups is 1. The number of carbonyl (C=O) groups excluding carboxylic acids is 1. The van der Waals surface area contributed by atoms with Gasteiger partial charge in [-0.3, -0.25) is 4.79 Å². The first-order valence-corrected chi connectivity index (χ1v) is 5.76. The number of hydrogen-bond acceptors (Lipinski definition) is 2. The first kappa shape index (κ1) is 10.6. The highest BCUT2D eigenvalue weighted by atomic mass is 35.5. The number of amides is 1. The molecule has 1 aliphatic rings. The highest BCUT2D eigenvalue weighted by Crippen LogP contribution is 2.30. The Kier molecular flexibility index (Phi) is 3.31. The number of furan rings is 1. The SMILES string of the molecule is O=C(CCCl)NC1CCCc2occc21. The Morgan fingerprint density at radius 3 is 3.33 bits per heavy atom. The second kappa shape index (κ2) is 4.71. The Balaban J connectivity index is 2.03. The summed E-state index contributed by atoms with van der Waals surface area (Å²) in [6.45, 7) is 0. The molecular formula is C11H14ClNO2. The van der Waals surface area contributed by atoms with Crippen LogP contribution in [0.3, 0.4) is 0 Å². The fourth-order valence-corrected chi connectivity index (χ4v) is 2.16. The maximum Gasteiger partial charge on any atom is 0.221 e. The summed E-state index contributed by atoms with van der Waals surface area (Å²) in [6.07, 6.45) is 5.10. The highest BCUT2D eigenvalue weighted by molar-refractivity contribution is 6.18. The Morgan fingerprint density at radius 2 is 2.53 bits per heavy atom. The van der Waals surface area contributed by atoms with Gasteiger partial charge in [0.25, 0.3) is 0 Å². The molecule has 1 aromatic heterocycles. The summed E-state index contributed by atoms with van der Waals surface area (Å²) in [5, 5.41) is 2.98. The Labute approximate surface area is 93.8 Å². The summed E-state index contributed by atoms with van der Waals surface area (Å²) in [6, 6.07) is 2.06. The van der Waals surface area contributed by atoms with Crippen LogP contribution >= 0.6 is 11.6 Å². The van der Waals surface area contributed by atoms with Gasteiger partial charge in [0, 0.05) is 24.3 Å². The molecule has 2 rings (SSSR count). The van der Waals surface area contributed by atoms with Crippen LogP contribution in [0.1, 0.15) is 36.6 Å². The standard InChI is InChI=1S/C11H14ClNO2/c12-6-4-11(14)13-9-2-1-3-10-8(9)5-7-15-10/h5,7,9H,1-4,6H2,(H,13,14). The molecule has 0 fully saturated rings. The second-order valence-corrected chi connectivity index (χ2v) is 4.13. The third kappa shape index (κ3) is 2.34. The van der Waals surface area contributed by atoms with Crippen LogP contribution in [0.15, 0.2) is 16.7 Å². The monoisotopic (exact) mass is 227 g/mol. The Bertz CT molecular complexity index is 348. The third-order valence-corrected chi connectivity index (χ3v) is 2.90. The van der Waals surface area contributed by atoms with E-state index in [4.69, 9.17) is 16.0 Å². The number of rotatable bonds is 3. The minimum absolute atomic E-state index is 0.0176. The lowest BCUT2D eigenvalue weighted by Crippen LogP contribution is -2.30. The van der Waals surface area contributed by atoms with E-state index < -0.39 is 0 Å². The van der Waals surface area contributed by atoms with Crippen molar-refractivity contribution in [1.82, 2.24) is 5.32 Å². The lowest BCUT2D eigenvalue weighted by atomic mass is 9.93. The van der Waals surface area contributed by atoms with Crippen molar-refractivity contribution in [2.75, 3.05) is 5.88 Å². The Morgan fingerprint density at radius 1 is 1.67 bits per heavy atom. The van der Waals surface area contributed by atoms with E-state index in [1.54, 1.807) is 6.26 Å². The van der Waals surface area contributed by atoms with Crippen LogP contribution in [0.4, 0.5) is 0 Å². The van der Waals surface area contributed by atoms with E-state index >= 15 is 0 Å². The van der Waals surface area contributed by atoms with Gasteiger partial charge in [-0.05, 0) is 18.9 Å². The molecule has 1 atom stereocenters. The van der Waals surface area contributed by atoms with Crippen molar-refractivity contribution in [2.45, 2.75) is 31.7 Å². The van der Waals surface area contributed by atoms with Crippen molar-refractivity contribution >= 4 is 17.5 Å². The average molecular weight is 228 g/mol. The van der Waals surface area contributed by atoms with E-state index in [2.05, 4.69) is 5.32 Å². The number of alkyl halides is 1. The largest absolute Gasteiger partial charge is 0.469 e. The van der Waals surface area contributed by atoms with E-state index in [0.29, 0.717) is 12.3 Å². The fraction of sp³-hybridized carbons (Fsp3) is 0.545. The van der Waals surface area contributed by atoms with Gasteiger partial charge in [0.1, 0.15) is 5.76 Å². The first-order valence-electron chi connectivity index (χ1n) is 5.23. The van der Waals surface area contributed by atoms with E-state index in [1.807, 2.05) is 6.07 Å². The maximum absolute atomic E-state index is 11.4. The number of aryl methyl sites for hydroxylation is 1. The molecule has 1 aliphatic carbocycles. The predicted molar refractivity (Wildman–Crippen MR) is 57.9 cm³/mol. The molecule has 1 N–H and O–H groups in total. The van der Waals surface area contributed by atoms with Crippen LogP contribution in [0.5, 0.6) is 0 Å². The molecule has 1 unspecified atom stereocenters. The minimum Gasteiger partial charge on any atom is -0.469 e. The van der Waals surface area contributed by atoms with E-state index in [1.165, 1.54) is 0 Å². The second-order valence-electron chi connectivity index (χ2n) is 3.75. The third-order valence-electron chi connectivity index (χ3n) is 2.71. The van der Waals surface area contributed by atoms with Gasteiger partial charge in [-0.2, -0.15) is 0 Å². The molecule has 15 heavy (non-hydrogen) atoms. The molecule has 1 amide bonds. The zero-order valence-corrected chi connectivity index (χ0v) is 9.22. The highest BCUT2D eigenvalue weighted by Gasteiger charge is 2.23. The van der Waals surface area contributed by atoms with Crippen molar-refractivity contribution in [3.8, 4) is 0 Å². The van der Waals surface area contributed by atoms with Crippen molar-refractivity contribution in [3.63, 3.8) is 0 Å². The maximum atomic E-state index is 11.4. The molecule has 82 valence electrons. The number of hydrogen-bond donors (Lipinski definition) is 1. The molecule has 0 saturated heterocycles. The quantitative estimate of drug-likeness (QED) is 0.806. The zero-order valence-electron chi connectivity index (χ0n) is 8.46. The summed E-state index contributed by atoms with van der Waals surface area (Å²) in [5.74, 6) is 1.40. The van der Waals surface area contributed by atoms with Gasteiger partial charge in [0.15, 0.2) is 0 Å². The molecule has 0 saturated carbocycles. The molecule has 0 radical (unpaired) electrons. The number of nitrogens with one attached hydrogen (secondary N) is 1. The molecule has 0 bridgehead atoms. The van der Waals surface area contributed by atoms with Crippen LogP contribution in [0.25, 0.3) is 0 Å². The van der Waals surface area contributed by atoms with Gasteiger partial charge >= 0.3 is 0 Å². The average Bonchev–Trinajstić information content (AvgIpc) is 2.67. The minimum atomic E-state index is 0.0176. The zero-order chi connectivity index (χ0) is 10.7. The summed E-state index contributed by atoms with van der Waals surface area (Å²) >= 11 is 5.51. The molecule has 0 aromatic carbocycles. The lowest BCUT2D eigenvalue weighted by Gasteiger charge is -2.22. The van der Waals surface area contributed by atoms with E-state index in [0.717, 1.165) is 30.6 Å². The van der Waals surface area contributed by atoms with Gasteiger partial charge in [-0.25, -0.2) is 0 Å². The molecular weight excluding hydrogens is 214 g/mol. The number of fused-ring (bicyclic) bond motifs is 1. The number of halogens is 1. The van der Waals surface area contributed by atoms with Crippen molar-refractivity contribution in [1.29, 1.82) is 0 Å². The summed E-state index contributed by atoms with van der Waals surface area (Å²) < 4.78 is 5.35. The molecule has 4 heteroatoms. The van der Waals surface area contributed by atoms with Gasteiger partial charge in [-0.1, -0.05) is 0 Å².